The number of thiophene rings is 1. The number of nitrogens with zero attached hydrogens (tertiary/aromatic N) is 1. The fraction of sp³-hybridized carbons (Fsp3) is 0.0612. The summed E-state index contributed by atoms with van der Waals surface area (Å²) in [6, 6.07) is 55.3. The molecule has 0 saturated carbocycles. The molecule has 2 aliphatic heterocycles. The summed E-state index contributed by atoms with van der Waals surface area (Å²) in [5.74, 6) is 0. The zero-order valence-electron chi connectivity index (χ0n) is 29.8. The van der Waals surface area contributed by atoms with Crippen molar-refractivity contribution in [3.63, 3.8) is 0 Å². The van der Waals surface area contributed by atoms with Gasteiger partial charge in [0.15, 0.2) is 7.28 Å². The summed E-state index contributed by atoms with van der Waals surface area (Å²) in [5, 5.41) is 11.2. The lowest BCUT2D eigenvalue weighted by Crippen LogP contribution is -2.45. The van der Waals surface area contributed by atoms with Crippen LogP contribution < -0.4 is 21.1 Å². The van der Waals surface area contributed by atoms with Gasteiger partial charge in [-0.1, -0.05) is 122 Å². The lowest BCUT2D eigenvalue weighted by Gasteiger charge is -2.46. The highest BCUT2D eigenvalue weighted by Crippen LogP contribution is 2.55. The van der Waals surface area contributed by atoms with E-state index in [1.165, 1.54) is 75.6 Å². The van der Waals surface area contributed by atoms with Crippen LogP contribution in [0.5, 0.6) is 0 Å². The first-order valence-electron chi connectivity index (χ1n) is 18.6. The van der Waals surface area contributed by atoms with E-state index in [4.69, 9.17) is 4.42 Å². The first-order chi connectivity index (χ1) is 26.5. The van der Waals surface area contributed by atoms with Crippen LogP contribution in [-0.4, -0.2) is 7.28 Å². The normalized spacial score (nSPS) is 14.0. The fourth-order valence-corrected chi connectivity index (χ4v) is 10.5. The molecule has 10 aromatic rings. The molecule has 0 fully saturated rings. The third kappa shape index (κ3) is 4.08. The molecule has 5 heteroatoms. The van der Waals surface area contributed by atoms with Gasteiger partial charge in [-0.2, -0.15) is 0 Å². The molecular formula is C49H32BN2OS. The Bertz CT molecular complexity index is 3230. The number of furan rings is 1. The molecule has 0 aliphatic carbocycles. The van der Waals surface area contributed by atoms with Crippen molar-refractivity contribution in [3.8, 4) is 11.1 Å². The van der Waals surface area contributed by atoms with Gasteiger partial charge in [0.25, 0.3) is 0 Å². The van der Waals surface area contributed by atoms with Crippen molar-refractivity contribution >= 4 is 111 Å². The molecule has 0 unspecified atom stereocenters. The zero-order chi connectivity index (χ0) is 35.7. The van der Waals surface area contributed by atoms with Gasteiger partial charge in [0.05, 0.1) is 22.4 Å². The van der Waals surface area contributed by atoms with Crippen LogP contribution in [0, 0.1) is 0 Å². The van der Waals surface area contributed by atoms with Crippen LogP contribution in [0.2, 0.25) is 0 Å². The summed E-state index contributed by atoms with van der Waals surface area (Å²) in [6.45, 7) is 4.74. The summed E-state index contributed by atoms with van der Waals surface area (Å²) in [4.78, 5) is 2.60. The van der Waals surface area contributed by atoms with Crippen molar-refractivity contribution in [2.75, 3.05) is 10.2 Å². The minimum Gasteiger partial charge on any atom is -0.456 e. The molecule has 2 aromatic heterocycles. The quantitative estimate of drug-likeness (QED) is 0.185. The van der Waals surface area contributed by atoms with Crippen LogP contribution in [-0.2, 0) is 5.41 Å². The van der Waals surface area contributed by atoms with E-state index in [9.17, 15) is 0 Å². The molecule has 2 aliphatic rings. The third-order valence-corrected chi connectivity index (χ3v) is 13.0. The standard InChI is InChI=1S/C49H32BN2OS/c1-49(2)34-17-7-8-21-39(34)52-47-35(49)18-11-19-36(47)50-46-33(27-43-45(48(46)52)31-16-6-10-24-42(31)54-43)32-25-28-13-3-4-14-29(28)26-38(32)51-37-20-12-23-41-44(37)30-15-5-9-22-40(30)53-41/h3-27,51H,1-2H3. The van der Waals surface area contributed by atoms with Crippen LogP contribution in [0.25, 0.3) is 64.0 Å². The number of anilines is 5. The molecule has 0 bridgehead atoms. The van der Waals surface area contributed by atoms with E-state index in [2.05, 4.69) is 171 Å². The van der Waals surface area contributed by atoms with Gasteiger partial charge in [0.2, 0.25) is 0 Å². The highest BCUT2D eigenvalue weighted by Gasteiger charge is 2.42. The Kier molecular flexibility index (Phi) is 6.08. The smallest absolute Gasteiger partial charge is 0.197 e. The molecule has 4 heterocycles. The van der Waals surface area contributed by atoms with E-state index in [1.54, 1.807) is 0 Å². The summed E-state index contributed by atoms with van der Waals surface area (Å²) >= 11 is 1.88. The van der Waals surface area contributed by atoms with Gasteiger partial charge >= 0.3 is 0 Å². The second-order valence-corrected chi connectivity index (χ2v) is 16.3. The van der Waals surface area contributed by atoms with E-state index < -0.39 is 0 Å². The predicted octanol–water partition coefficient (Wildman–Crippen LogP) is 12.6. The largest absolute Gasteiger partial charge is 0.456 e. The molecule has 1 radical (unpaired) electrons. The van der Waals surface area contributed by atoms with E-state index in [1.807, 2.05) is 23.5 Å². The number of hydrogen-bond acceptors (Lipinski definition) is 4. The lowest BCUT2D eigenvalue weighted by atomic mass is 9.55. The minimum atomic E-state index is -0.148. The minimum absolute atomic E-state index is 0.148. The first-order valence-corrected chi connectivity index (χ1v) is 19.4. The van der Waals surface area contributed by atoms with Crippen molar-refractivity contribution < 1.29 is 4.42 Å². The van der Waals surface area contributed by atoms with Crippen molar-refractivity contribution in [2.45, 2.75) is 19.3 Å². The second-order valence-electron chi connectivity index (χ2n) is 15.2. The lowest BCUT2D eigenvalue weighted by molar-refractivity contribution is 0.632. The van der Waals surface area contributed by atoms with Crippen molar-refractivity contribution in [2.24, 2.45) is 0 Å². The summed E-state index contributed by atoms with van der Waals surface area (Å²) in [6.07, 6.45) is 0. The first kappa shape index (κ1) is 30.2. The van der Waals surface area contributed by atoms with Crippen molar-refractivity contribution in [1.29, 1.82) is 0 Å². The van der Waals surface area contributed by atoms with Crippen LogP contribution in [0.15, 0.2) is 156 Å². The van der Waals surface area contributed by atoms with E-state index in [0.717, 1.165) is 38.9 Å². The van der Waals surface area contributed by atoms with Gasteiger partial charge < -0.3 is 14.6 Å². The van der Waals surface area contributed by atoms with E-state index in [0.29, 0.717) is 0 Å². The Morgan fingerprint density at radius 1 is 0.574 bits per heavy atom. The van der Waals surface area contributed by atoms with Crippen molar-refractivity contribution in [1.82, 2.24) is 0 Å². The Balaban J connectivity index is 1.19. The highest BCUT2D eigenvalue weighted by molar-refractivity contribution is 7.26. The molecule has 0 saturated heterocycles. The van der Waals surface area contributed by atoms with E-state index in [-0.39, 0.29) is 5.41 Å². The van der Waals surface area contributed by atoms with Gasteiger partial charge in [-0.3, -0.25) is 0 Å². The van der Waals surface area contributed by atoms with Crippen molar-refractivity contribution in [3.05, 3.63) is 163 Å². The third-order valence-electron chi connectivity index (χ3n) is 11.8. The molecular weight excluding hydrogens is 675 g/mol. The maximum Gasteiger partial charge on any atom is 0.197 e. The summed E-state index contributed by atoms with van der Waals surface area (Å²) in [5.41, 5.74) is 15.0. The molecule has 0 atom stereocenters. The number of benzene rings is 8. The number of nitrogens with one attached hydrogen (secondary N) is 1. The maximum absolute atomic E-state index is 6.33. The fourth-order valence-electron chi connectivity index (χ4n) is 9.36. The maximum atomic E-state index is 6.33. The summed E-state index contributed by atoms with van der Waals surface area (Å²) in [7, 11) is 2.46. The van der Waals surface area contributed by atoms with Crippen LogP contribution in [0.3, 0.4) is 0 Å². The topological polar surface area (TPSA) is 28.4 Å². The molecule has 3 nitrogen and oxygen atoms in total. The molecule has 1 N–H and O–H groups in total. The monoisotopic (exact) mass is 707 g/mol. The van der Waals surface area contributed by atoms with Gasteiger partial charge in [0.1, 0.15) is 11.2 Å². The van der Waals surface area contributed by atoms with Gasteiger partial charge in [-0.05, 0) is 81.5 Å². The molecule has 253 valence electrons. The average Bonchev–Trinajstić information content (AvgIpc) is 3.78. The molecule has 8 aromatic carbocycles. The highest BCUT2D eigenvalue weighted by atomic mass is 32.1. The predicted molar refractivity (Wildman–Crippen MR) is 231 cm³/mol. The molecule has 54 heavy (non-hydrogen) atoms. The average molecular weight is 708 g/mol. The van der Waals surface area contributed by atoms with Crippen LogP contribution >= 0.6 is 11.3 Å². The number of para-hydroxylation sites is 3. The molecule has 0 amide bonds. The van der Waals surface area contributed by atoms with Crippen LogP contribution in [0.1, 0.15) is 25.0 Å². The Morgan fingerprint density at radius 2 is 1.30 bits per heavy atom. The SMILES string of the molecule is CC1(C)c2ccccc2N2c3c(cccc31)[B]c1c(-c3cc4ccccc4cc3Nc3cccc4oc5ccccc5c34)cc3sc4ccccc4c3c12. The Morgan fingerprint density at radius 3 is 2.20 bits per heavy atom. The van der Waals surface area contributed by atoms with E-state index >= 15 is 0 Å². The number of fused-ring (bicyclic) bond motifs is 12. The van der Waals surface area contributed by atoms with Crippen LogP contribution in [0.4, 0.5) is 28.4 Å². The molecule has 0 spiro atoms. The Labute approximate surface area is 317 Å². The van der Waals surface area contributed by atoms with Gasteiger partial charge in [0, 0.05) is 47.9 Å². The Hall–Kier alpha value is -6.30. The second kappa shape index (κ2) is 10.9. The zero-order valence-corrected chi connectivity index (χ0v) is 30.6. The number of hydrogen-bond donors (Lipinski definition) is 1. The summed E-state index contributed by atoms with van der Waals surface area (Å²) < 4.78 is 8.91. The number of rotatable bonds is 3. The van der Waals surface area contributed by atoms with Gasteiger partial charge in [-0.15, -0.1) is 11.3 Å². The molecule has 12 rings (SSSR count). The van der Waals surface area contributed by atoms with Gasteiger partial charge in [-0.25, -0.2) is 0 Å².